The van der Waals surface area contributed by atoms with Crippen molar-refractivity contribution in [2.45, 2.75) is 33.2 Å². The van der Waals surface area contributed by atoms with Crippen LogP contribution >= 0.6 is 0 Å². The second kappa shape index (κ2) is 8.44. The van der Waals surface area contributed by atoms with Crippen molar-refractivity contribution < 1.29 is 14.6 Å². The molecule has 5 heteroatoms. The fraction of sp³-hybridized carbons (Fsp3) is 0.917. The number of aliphatic hydroxyl groups is 1. The maximum Gasteiger partial charge on any atom is 0.234 e. The van der Waals surface area contributed by atoms with Crippen LogP contribution in [-0.2, 0) is 9.53 Å². The zero-order valence-electron chi connectivity index (χ0n) is 11.4. The van der Waals surface area contributed by atoms with Gasteiger partial charge in [-0.3, -0.25) is 4.79 Å². The topological polar surface area (TPSA) is 70.6 Å². The standard InChI is InChI=1S/C12H26N2O3/c1-10(8-17-4)14-11(16)7-13-9-12(2,3)5-6-15/h10,13,15H,5-9H2,1-4H3,(H,14,16). The second-order valence-electron chi connectivity index (χ2n) is 5.17. The molecule has 0 aromatic carbocycles. The van der Waals surface area contributed by atoms with Gasteiger partial charge in [-0.05, 0) is 18.8 Å². The van der Waals surface area contributed by atoms with Gasteiger partial charge in [0.25, 0.3) is 0 Å². The maximum absolute atomic E-state index is 11.5. The monoisotopic (exact) mass is 246 g/mol. The molecule has 0 aliphatic heterocycles. The van der Waals surface area contributed by atoms with Crippen LogP contribution in [0.2, 0.25) is 0 Å². The number of methoxy groups -OCH3 is 1. The summed E-state index contributed by atoms with van der Waals surface area (Å²) in [4.78, 5) is 11.5. The summed E-state index contributed by atoms with van der Waals surface area (Å²) in [5.41, 5.74) is 0.00712. The van der Waals surface area contributed by atoms with E-state index in [4.69, 9.17) is 9.84 Å². The molecule has 0 saturated carbocycles. The Hall–Kier alpha value is -0.650. The average Bonchev–Trinajstić information content (AvgIpc) is 2.16. The molecule has 17 heavy (non-hydrogen) atoms. The molecule has 0 bridgehead atoms. The van der Waals surface area contributed by atoms with Gasteiger partial charge in [-0.15, -0.1) is 0 Å². The van der Waals surface area contributed by atoms with E-state index in [0.717, 1.165) is 6.42 Å². The molecule has 1 amide bonds. The Morgan fingerprint density at radius 3 is 2.65 bits per heavy atom. The zero-order chi connectivity index (χ0) is 13.3. The van der Waals surface area contributed by atoms with Crippen LogP contribution in [0.5, 0.6) is 0 Å². The average molecular weight is 246 g/mol. The summed E-state index contributed by atoms with van der Waals surface area (Å²) >= 11 is 0. The third-order valence-electron chi connectivity index (χ3n) is 2.50. The Kier molecular flexibility index (Phi) is 8.12. The van der Waals surface area contributed by atoms with Crippen LogP contribution in [0.3, 0.4) is 0 Å². The first kappa shape index (κ1) is 16.4. The molecule has 0 aromatic rings. The van der Waals surface area contributed by atoms with Gasteiger partial charge in [-0.25, -0.2) is 0 Å². The van der Waals surface area contributed by atoms with Crippen molar-refractivity contribution in [1.29, 1.82) is 0 Å². The number of nitrogens with one attached hydrogen (secondary N) is 2. The summed E-state index contributed by atoms with van der Waals surface area (Å²) in [7, 11) is 1.61. The Morgan fingerprint density at radius 2 is 2.12 bits per heavy atom. The molecule has 5 nitrogen and oxygen atoms in total. The summed E-state index contributed by atoms with van der Waals surface area (Å²) < 4.78 is 4.93. The van der Waals surface area contributed by atoms with Gasteiger partial charge in [0.05, 0.1) is 13.2 Å². The smallest absolute Gasteiger partial charge is 0.234 e. The molecule has 0 aromatic heterocycles. The Labute approximate surface area is 104 Å². The van der Waals surface area contributed by atoms with Crippen LogP contribution in [0.15, 0.2) is 0 Å². The van der Waals surface area contributed by atoms with Crippen molar-refractivity contribution in [3.8, 4) is 0 Å². The van der Waals surface area contributed by atoms with E-state index >= 15 is 0 Å². The van der Waals surface area contributed by atoms with Crippen molar-refractivity contribution in [1.82, 2.24) is 10.6 Å². The van der Waals surface area contributed by atoms with Gasteiger partial charge in [0, 0.05) is 26.3 Å². The van der Waals surface area contributed by atoms with E-state index in [1.54, 1.807) is 7.11 Å². The largest absolute Gasteiger partial charge is 0.396 e. The molecule has 102 valence electrons. The van der Waals surface area contributed by atoms with Crippen LogP contribution < -0.4 is 10.6 Å². The molecule has 1 atom stereocenters. The van der Waals surface area contributed by atoms with Gasteiger partial charge < -0.3 is 20.5 Å². The highest BCUT2D eigenvalue weighted by molar-refractivity contribution is 5.78. The van der Waals surface area contributed by atoms with Crippen molar-refractivity contribution in [2.75, 3.05) is 33.4 Å². The van der Waals surface area contributed by atoms with E-state index in [-0.39, 0.29) is 24.0 Å². The molecule has 0 radical (unpaired) electrons. The number of carbonyl (C=O) groups is 1. The van der Waals surface area contributed by atoms with E-state index in [9.17, 15) is 4.79 Å². The van der Waals surface area contributed by atoms with Crippen molar-refractivity contribution >= 4 is 5.91 Å². The first-order valence-corrected chi connectivity index (χ1v) is 6.01. The van der Waals surface area contributed by atoms with Gasteiger partial charge in [0.1, 0.15) is 0 Å². The molecule has 0 heterocycles. The quantitative estimate of drug-likeness (QED) is 0.541. The Morgan fingerprint density at radius 1 is 1.47 bits per heavy atom. The van der Waals surface area contributed by atoms with Gasteiger partial charge in [0.2, 0.25) is 5.91 Å². The normalized spacial score (nSPS) is 13.5. The van der Waals surface area contributed by atoms with Crippen LogP contribution in [0.25, 0.3) is 0 Å². The lowest BCUT2D eigenvalue weighted by atomic mass is 9.90. The summed E-state index contributed by atoms with van der Waals surface area (Å²) in [5.74, 6) is -0.0330. The van der Waals surface area contributed by atoms with Gasteiger partial charge in [0.15, 0.2) is 0 Å². The summed E-state index contributed by atoms with van der Waals surface area (Å²) in [6.07, 6.45) is 0.724. The first-order chi connectivity index (χ1) is 7.91. The minimum absolute atomic E-state index is 0.00712. The molecule has 1 unspecified atom stereocenters. The number of rotatable bonds is 9. The van der Waals surface area contributed by atoms with E-state index in [1.807, 2.05) is 6.92 Å². The maximum atomic E-state index is 11.5. The number of hydrogen-bond donors (Lipinski definition) is 3. The minimum atomic E-state index is -0.0330. The van der Waals surface area contributed by atoms with E-state index in [0.29, 0.717) is 19.7 Å². The van der Waals surface area contributed by atoms with E-state index in [1.165, 1.54) is 0 Å². The van der Waals surface area contributed by atoms with E-state index < -0.39 is 0 Å². The lowest BCUT2D eigenvalue weighted by Crippen LogP contribution is -2.43. The summed E-state index contributed by atoms with van der Waals surface area (Å²) in [6.45, 7) is 7.70. The highest BCUT2D eigenvalue weighted by atomic mass is 16.5. The highest BCUT2D eigenvalue weighted by Gasteiger charge is 2.17. The summed E-state index contributed by atoms with van der Waals surface area (Å²) in [5, 5.41) is 14.8. The minimum Gasteiger partial charge on any atom is -0.396 e. The number of ether oxygens (including phenoxy) is 1. The van der Waals surface area contributed by atoms with E-state index in [2.05, 4.69) is 24.5 Å². The lowest BCUT2D eigenvalue weighted by molar-refractivity contribution is -0.121. The molecule has 0 aliphatic rings. The SMILES string of the molecule is COCC(C)NC(=O)CNCC(C)(C)CCO. The Balaban J connectivity index is 3.70. The predicted octanol–water partition coefficient (Wildman–Crippen LogP) is 0.136. The van der Waals surface area contributed by atoms with Crippen molar-refractivity contribution in [3.63, 3.8) is 0 Å². The fourth-order valence-corrected chi connectivity index (χ4v) is 1.52. The van der Waals surface area contributed by atoms with Crippen molar-refractivity contribution in [2.24, 2.45) is 5.41 Å². The van der Waals surface area contributed by atoms with Crippen molar-refractivity contribution in [3.05, 3.63) is 0 Å². The van der Waals surface area contributed by atoms with Crippen LogP contribution in [0.1, 0.15) is 27.2 Å². The second-order valence-corrected chi connectivity index (χ2v) is 5.17. The third kappa shape index (κ3) is 9.09. The predicted molar refractivity (Wildman–Crippen MR) is 67.8 cm³/mol. The zero-order valence-corrected chi connectivity index (χ0v) is 11.4. The van der Waals surface area contributed by atoms with Crippen LogP contribution in [0, 0.1) is 5.41 Å². The molecule has 3 N–H and O–H groups in total. The number of aliphatic hydroxyl groups excluding tert-OH is 1. The molecular weight excluding hydrogens is 220 g/mol. The van der Waals surface area contributed by atoms with Gasteiger partial charge in [-0.2, -0.15) is 0 Å². The molecule has 0 fully saturated rings. The van der Waals surface area contributed by atoms with Gasteiger partial charge in [-0.1, -0.05) is 13.8 Å². The highest BCUT2D eigenvalue weighted by Crippen LogP contribution is 2.17. The Bertz CT molecular complexity index is 220. The summed E-state index contributed by atoms with van der Waals surface area (Å²) in [6, 6.07) is 0.0275. The van der Waals surface area contributed by atoms with Gasteiger partial charge >= 0.3 is 0 Å². The molecule has 0 saturated heterocycles. The molecule has 0 aliphatic carbocycles. The number of carbonyl (C=O) groups excluding carboxylic acids is 1. The van der Waals surface area contributed by atoms with Crippen LogP contribution in [-0.4, -0.2) is 50.5 Å². The first-order valence-electron chi connectivity index (χ1n) is 6.01. The molecule has 0 rings (SSSR count). The fourth-order valence-electron chi connectivity index (χ4n) is 1.52. The molecule has 0 spiro atoms. The lowest BCUT2D eigenvalue weighted by Gasteiger charge is -2.24. The number of amides is 1. The van der Waals surface area contributed by atoms with Crippen LogP contribution in [0.4, 0.5) is 0 Å². The molecular formula is C12H26N2O3. The third-order valence-corrected chi connectivity index (χ3v) is 2.50. The number of hydrogen-bond acceptors (Lipinski definition) is 4.